The van der Waals surface area contributed by atoms with Crippen LogP contribution in [0.15, 0.2) is 42.5 Å². The van der Waals surface area contributed by atoms with E-state index in [4.69, 9.17) is 9.47 Å². The van der Waals surface area contributed by atoms with Crippen molar-refractivity contribution in [2.45, 2.75) is 0 Å². The van der Waals surface area contributed by atoms with Crippen molar-refractivity contribution in [3.63, 3.8) is 0 Å². The molecule has 5 heteroatoms. The van der Waals surface area contributed by atoms with Crippen LogP contribution in [0, 0.1) is 0 Å². The van der Waals surface area contributed by atoms with Crippen molar-refractivity contribution in [3.05, 3.63) is 53.6 Å². The molecule has 0 heterocycles. The van der Waals surface area contributed by atoms with Crippen LogP contribution in [-0.4, -0.2) is 20.0 Å². The third-order valence-electron chi connectivity index (χ3n) is 2.86. The first-order valence-corrected chi connectivity index (χ1v) is 6.36. The predicted octanol–water partition coefficient (Wildman–Crippen LogP) is -0.448. The minimum absolute atomic E-state index is 0. The average Bonchev–Trinajstić information content (AvgIpc) is 2.46. The number of hydrogen-bond acceptors (Lipinski definition) is 3. The van der Waals surface area contributed by atoms with Gasteiger partial charge in [-0.25, -0.2) is 0 Å². The molecule has 0 amide bonds. The molecule has 0 N–H and O–H groups in total. The monoisotopic (exact) mass is 282 g/mol. The standard InChI is InChI=1S/C15H15O3P.Li.H/c1-17-10-7-8-11(13(9-10)18-2)15(16)12-5-3-4-6-14(12)19;;/h3-9H,19H2,1-2H3;;/q;+1;-1. The second-order valence-electron chi connectivity index (χ2n) is 3.98. The van der Waals surface area contributed by atoms with Gasteiger partial charge in [0.05, 0.1) is 19.8 Å². The van der Waals surface area contributed by atoms with Gasteiger partial charge in [-0.3, -0.25) is 4.79 Å². The van der Waals surface area contributed by atoms with E-state index < -0.39 is 0 Å². The quantitative estimate of drug-likeness (QED) is 0.433. The number of carbonyl (C=O) groups excluding carboxylic acids is 1. The summed E-state index contributed by atoms with van der Waals surface area (Å²) < 4.78 is 10.4. The number of ketones is 1. The average molecular weight is 282 g/mol. The predicted molar refractivity (Wildman–Crippen MR) is 79.9 cm³/mol. The van der Waals surface area contributed by atoms with Crippen LogP contribution in [0.5, 0.6) is 11.5 Å². The Morgan fingerprint density at radius 1 is 1.05 bits per heavy atom. The minimum Gasteiger partial charge on any atom is -1.00 e. The summed E-state index contributed by atoms with van der Waals surface area (Å²) >= 11 is 0. The van der Waals surface area contributed by atoms with Crippen molar-refractivity contribution in [1.82, 2.24) is 0 Å². The molecule has 0 aliphatic rings. The van der Waals surface area contributed by atoms with Gasteiger partial charge in [-0.05, 0) is 17.4 Å². The Balaban J connectivity index is 0.00000200. The number of rotatable bonds is 4. The van der Waals surface area contributed by atoms with Crippen molar-refractivity contribution < 1.29 is 34.6 Å². The van der Waals surface area contributed by atoms with Gasteiger partial charge in [0.2, 0.25) is 0 Å². The molecule has 0 saturated heterocycles. The molecule has 0 saturated carbocycles. The third-order valence-corrected chi connectivity index (χ3v) is 3.36. The second-order valence-corrected chi connectivity index (χ2v) is 4.60. The smallest absolute Gasteiger partial charge is 1.00 e. The second kappa shape index (κ2) is 7.50. The van der Waals surface area contributed by atoms with E-state index >= 15 is 0 Å². The summed E-state index contributed by atoms with van der Waals surface area (Å²) in [4.78, 5) is 12.5. The van der Waals surface area contributed by atoms with E-state index in [1.807, 2.05) is 18.2 Å². The van der Waals surface area contributed by atoms with Crippen LogP contribution in [0.4, 0.5) is 0 Å². The Hall–Kier alpha value is -1.26. The van der Waals surface area contributed by atoms with E-state index in [-0.39, 0.29) is 26.1 Å². The first kappa shape index (κ1) is 16.8. The van der Waals surface area contributed by atoms with Gasteiger partial charge in [-0.1, -0.05) is 24.3 Å². The fraction of sp³-hybridized carbons (Fsp3) is 0.133. The maximum absolute atomic E-state index is 12.5. The van der Waals surface area contributed by atoms with E-state index in [1.54, 1.807) is 31.4 Å². The van der Waals surface area contributed by atoms with Crippen LogP contribution in [-0.2, 0) is 0 Å². The number of hydrogen-bond donors (Lipinski definition) is 0. The van der Waals surface area contributed by atoms with Crippen molar-refractivity contribution in [2.75, 3.05) is 14.2 Å². The van der Waals surface area contributed by atoms with Crippen molar-refractivity contribution in [2.24, 2.45) is 0 Å². The SMILES string of the molecule is COc1ccc(C(=O)c2ccccc2P)c(OC)c1.[H-].[Li+]. The Morgan fingerprint density at radius 2 is 1.75 bits per heavy atom. The van der Waals surface area contributed by atoms with E-state index in [1.165, 1.54) is 7.11 Å². The van der Waals surface area contributed by atoms with Crippen LogP contribution in [0.1, 0.15) is 17.3 Å². The summed E-state index contributed by atoms with van der Waals surface area (Å²) in [6, 6.07) is 12.6. The zero-order chi connectivity index (χ0) is 13.8. The van der Waals surface area contributed by atoms with E-state index in [0.29, 0.717) is 22.6 Å². The molecule has 2 aromatic rings. The van der Waals surface area contributed by atoms with Crippen LogP contribution in [0.25, 0.3) is 0 Å². The van der Waals surface area contributed by atoms with Crippen molar-refractivity contribution in [1.29, 1.82) is 0 Å². The molecule has 0 aliphatic heterocycles. The summed E-state index contributed by atoms with van der Waals surface area (Å²) in [5.74, 6) is 1.11. The number of methoxy groups -OCH3 is 2. The topological polar surface area (TPSA) is 35.5 Å². The Kier molecular flexibility index (Phi) is 6.30. The number of benzene rings is 2. The summed E-state index contributed by atoms with van der Waals surface area (Å²) in [7, 11) is 5.69. The molecule has 0 aromatic heterocycles. The van der Waals surface area contributed by atoms with Gasteiger partial charge >= 0.3 is 18.9 Å². The fourth-order valence-corrected chi connectivity index (χ4v) is 2.17. The molecule has 1 atom stereocenters. The summed E-state index contributed by atoms with van der Waals surface area (Å²) in [6.45, 7) is 0. The van der Waals surface area contributed by atoms with Crippen LogP contribution < -0.4 is 33.6 Å². The third kappa shape index (κ3) is 3.44. The minimum atomic E-state index is -0.0647. The van der Waals surface area contributed by atoms with Crippen LogP contribution >= 0.6 is 9.24 Å². The van der Waals surface area contributed by atoms with Gasteiger partial charge in [0.25, 0.3) is 0 Å². The maximum atomic E-state index is 12.5. The molecule has 3 nitrogen and oxygen atoms in total. The maximum Gasteiger partial charge on any atom is 1.00 e. The largest absolute Gasteiger partial charge is 1.00 e. The van der Waals surface area contributed by atoms with Gasteiger partial charge in [-0.2, -0.15) is 0 Å². The molecule has 2 aromatic carbocycles. The molecule has 0 spiro atoms. The van der Waals surface area contributed by atoms with Gasteiger partial charge in [0.1, 0.15) is 11.5 Å². The van der Waals surface area contributed by atoms with Crippen molar-refractivity contribution >= 4 is 20.3 Å². The number of carbonyl (C=O) groups is 1. The van der Waals surface area contributed by atoms with Crippen molar-refractivity contribution in [3.8, 4) is 11.5 Å². The van der Waals surface area contributed by atoms with Crippen LogP contribution in [0.3, 0.4) is 0 Å². The molecule has 0 bridgehead atoms. The first-order chi connectivity index (χ1) is 9.17. The van der Waals surface area contributed by atoms with Gasteiger partial charge in [-0.15, -0.1) is 9.24 Å². The molecule has 1 unspecified atom stereocenters. The van der Waals surface area contributed by atoms with Gasteiger partial charge < -0.3 is 10.9 Å². The molecular weight excluding hydrogens is 266 g/mol. The van der Waals surface area contributed by atoms with Gasteiger partial charge in [0.15, 0.2) is 5.78 Å². The molecule has 100 valence electrons. The number of ether oxygens (including phenoxy) is 2. The Morgan fingerprint density at radius 3 is 2.35 bits per heavy atom. The normalized spacial score (nSPS) is 9.55. The summed E-state index contributed by atoms with van der Waals surface area (Å²) in [6.07, 6.45) is 0. The first-order valence-electron chi connectivity index (χ1n) is 5.78. The van der Waals surface area contributed by atoms with E-state index in [0.717, 1.165) is 5.30 Å². The molecule has 20 heavy (non-hydrogen) atoms. The molecular formula is C15H16LiO3P. The van der Waals surface area contributed by atoms with E-state index in [9.17, 15) is 4.79 Å². The zero-order valence-corrected chi connectivity index (χ0v) is 13.0. The van der Waals surface area contributed by atoms with Gasteiger partial charge in [0, 0.05) is 11.6 Å². The zero-order valence-electron chi connectivity index (χ0n) is 12.8. The Labute approximate surface area is 134 Å². The molecule has 0 fully saturated rings. The molecule has 2 rings (SSSR count). The fourth-order valence-electron chi connectivity index (χ4n) is 1.83. The molecule has 0 aliphatic carbocycles. The Bertz CT molecular complexity index is 620. The summed E-state index contributed by atoms with van der Waals surface area (Å²) in [5, 5.41) is 0.866. The molecule has 0 radical (unpaired) electrons. The van der Waals surface area contributed by atoms with Crippen LogP contribution in [0.2, 0.25) is 0 Å². The van der Waals surface area contributed by atoms with E-state index in [2.05, 4.69) is 9.24 Å². The summed E-state index contributed by atoms with van der Waals surface area (Å²) in [5.41, 5.74) is 1.18.